The number of halogens is 1. The lowest BCUT2D eigenvalue weighted by Gasteiger charge is -2.36. The number of guanidine groups is 1. The number of aliphatic imine (C=N–C) groups is 1. The van der Waals surface area contributed by atoms with Crippen LogP contribution >= 0.6 is 35.5 Å². The molecule has 0 aliphatic carbocycles. The zero-order valence-corrected chi connectivity index (χ0v) is 19.2. The molecule has 1 aliphatic heterocycles. The van der Waals surface area contributed by atoms with Crippen LogP contribution in [0.1, 0.15) is 26.6 Å². The van der Waals surface area contributed by atoms with Crippen molar-refractivity contribution < 1.29 is 0 Å². The Morgan fingerprint density at radius 3 is 2.52 bits per heavy atom. The highest BCUT2D eigenvalue weighted by atomic mass is 127. The molecule has 0 radical (unpaired) electrons. The van der Waals surface area contributed by atoms with E-state index < -0.39 is 0 Å². The SMILES string of the molecule is CCc1nsc(N2CCN(C(=NC)NCCN(C)C(C)C)CC2)n1.I. The van der Waals surface area contributed by atoms with Gasteiger partial charge in [-0.3, -0.25) is 4.99 Å². The van der Waals surface area contributed by atoms with E-state index in [4.69, 9.17) is 0 Å². The summed E-state index contributed by atoms with van der Waals surface area (Å²) in [4.78, 5) is 16.0. The molecule has 1 saturated heterocycles. The molecule has 1 aromatic heterocycles. The van der Waals surface area contributed by atoms with Crippen LogP contribution in [0.5, 0.6) is 0 Å². The summed E-state index contributed by atoms with van der Waals surface area (Å²) in [5.41, 5.74) is 0. The first-order chi connectivity index (χ1) is 11.5. The van der Waals surface area contributed by atoms with E-state index in [0.717, 1.165) is 62.6 Å². The molecule has 9 heteroatoms. The minimum Gasteiger partial charge on any atom is -0.355 e. The lowest BCUT2D eigenvalue weighted by atomic mass is 10.3. The Labute approximate surface area is 173 Å². The molecule has 2 rings (SSSR count). The van der Waals surface area contributed by atoms with Crippen molar-refractivity contribution in [2.45, 2.75) is 33.2 Å². The fourth-order valence-electron chi connectivity index (χ4n) is 2.56. The first-order valence-corrected chi connectivity index (χ1v) is 9.55. The van der Waals surface area contributed by atoms with Crippen molar-refractivity contribution in [3.05, 3.63) is 5.82 Å². The molecule has 1 aromatic rings. The lowest BCUT2D eigenvalue weighted by Crippen LogP contribution is -2.53. The van der Waals surface area contributed by atoms with Gasteiger partial charge in [0.25, 0.3) is 0 Å². The van der Waals surface area contributed by atoms with Crippen molar-refractivity contribution in [3.8, 4) is 0 Å². The number of hydrogen-bond donors (Lipinski definition) is 1. The molecule has 1 N–H and O–H groups in total. The summed E-state index contributed by atoms with van der Waals surface area (Å²) in [6.07, 6.45) is 0.901. The van der Waals surface area contributed by atoms with Crippen LogP contribution in [-0.4, -0.2) is 84.5 Å². The molecule has 0 atom stereocenters. The van der Waals surface area contributed by atoms with E-state index in [0.29, 0.717) is 6.04 Å². The zero-order chi connectivity index (χ0) is 17.5. The van der Waals surface area contributed by atoms with E-state index >= 15 is 0 Å². The quantitative estimate of drug-likeness (QED) is 0.380. The molecule has 0 bridgehead atoms. The van der Waals surface area contributed by atoms with Crippen LogP contribution in [0.25, 0.3) is 0 Å². The number of anilines is 1. The van der Waals surface area contributed by atoms with Crippen molar-refractivity contribution in [3.63, 3.8) is 0 Å². The van der Waals surface area contributed by atoms with Crippen molar-refractivity contribution in [2.75, 3.05) is 58.3 Å². The Kier molecular flexibility index (Phi) is 9.95. The van der Waals surface area contributed by atoms with Gasteiger partial charge in [-0.2, -0.15) is 4.37 Å². The second-order valence-corrected chi connectivity index (χ2v) is 7.10. The fourth-order valence-corrected chi connectivity index (χ4v) is 3.36. The molecule has 0 amide bonds. The van der Waals surface area contributed by atoms with Crippen LogP contribution in [-0.2, 0) is 6.42 Å². The molecule has 0 spiro atoms. The van der Waals surface area contributed by atoms with Gasteiger partial charge in [0.1, 0.15) is 5.82 Å². The van der Waals surface area contributed by atoms with E-state index in [1.807, 2.05) is 7.05 Å². The summed E-state index contributed by atoms with van der Waals surface area (Å²) in [6.45, 7) is 12.3. The Bertz CT molecular complexity index is 526. The van der Waals surface area contributed by atoms with Crippen LogP contribution in [0.4, 0.5) is 5.13 Å². The zero-order valence-electron chi connectivity index (χ0n) is 16.0. The summed E-state index contributed by atoms with van der Waals surface area (Å²) < 4.78 is 4.39. The summed E-state index contributed by atoms with van der Waals surface area (Å²) in [5, 5.41) is 4.53. The van der Waals surface area contributed by atoms with Crippen LogP contribution in [0.2, 0.25) is 0 Å². The van der Waals surface area contributed by atoms with E-state index in [2.05, 4.69) is 62.2 Å². The normalized spacial score (nSPS) is 15.7. The van der Waals surface area contributed by atoms with Gasteiger partial charge in [-0.15, -0.1) is 24.0 Å². The number of nitrogens with one attached hydrogen (secondary N) is 1. The number of aryl methyl sites for hydroxylation is 1. The molecule has 2 heterocycles. The van der Waals surface area contributed by atoms with Crippen LogP contribution in [0, 0.1) is 0 Å². The van der Waals surface area contributed by atoms with Gasteiger partial charge in [0.2, 0.25) is 5.13 Å². The standard InChI is InChI=1S/C16H31N7S.HI/c1-6-14-19-16(24-20-14)23-11-9-22(10-12-23)15(17-4)18-7-8-21(5)13(2)3;/h13H,6-12H2,1-5H3,(H,17,18);1H. The summed E-state index contributed by atoms with van der Waals surface area (Å²) in [6, 6.07) is 0.567. The predicted molar refractivity (Wildman–Crippen MR) is 118 cm³/mol. The van der Waals surface area contributed by atoms with E-state index in [1.54, 1.807) is 0 Å². The molecule has 1 aliphatic rings. The van der Waals surface area contributed by atoms with Gasteiger partial charge in [-0.1, -0.05) is 6.92 Å². The molecular weight excluding hydrogens is 449 g/mol. The van der Waals surface area contributed by atoms with Crippen LogP contribution in [0.15, 0.2) is 4.99 Å². The summed E-state index contributed by atoms with van der Waals surface area (Å²) in [7, 11) is 4.01. The monoisotopic (exact) mass is 481 g/mol. The molecule has 1 fully saturated rings. The highest BCUT2D eigenvalue weighted by molar-refractivity contribution is 14.0. The highest BCUT2D eigenvalue weighted by Gasteiger charge is 2.21. The lowest BCUT2D eigenvalue weighted by molar-refractivity contribution is 0.275. The minimum atomic E-state index is 0. The molecule has 7 nitrogen and oxygen atoms in total. The Hall–Kier alpha value is -0.680. The number of hydrogen-bond acceptors (Lipinski definition) is 6. The largest absolute Gasteiger partial charge is 0.355 e. The van der Waals surface area contributed by atoms with E-state index in [9.17, 15) is 0 Å². The highest BCUT2D eigenvalue weighted by Crippen LogP contribution is 2.19. The third kappa shape index (κ3) is 6.52. The number of piperazine rings is 1. The van der Waals surface area contributed by atoms with Crippen molar-refractivity contribution in [1.29, 1.82) is 0 Å². The first kappa shape index (κ1) is 22.4. The fraction of sp³-hybridized carbons (Fsp3) is 0.812. The van der Waals surface area contributed by atoms with Crippen molar-refractivity contribution in [2.24, 2.45) is 4.99 Å². The maximum Gasteiger partial charge on any atom is 0.205 e. The second-order valence-electron chi connectivity index (χ2n) is 6.37. The van der Waals surface area contributed by atoms with Gasteiger partial charge >= 0.3 is 0 Å². The molecule has 25 heavy (non-hydrogen) atoms. The average molecular weight is 481 g/mol. The van der Waals surface area contributed by atoms with Gasteiger partial charge in [-0.05, 0) is 20.9 Å². The van der Waals surface area contributed by atoms with Gasteiger partial charge in [0, 0.05) is 70.3 Å². The molecule has 0 saturated carbocycles. The molecule has 0 aromatic carbocycles. The second kappa shape index (κ2) is 11.1. The third-order valence-electron chi connectivity index (χ3n) is 4.46. The van der Waals surface area contributed by atoms with Crippen molar-refractivity contribution >= 4 is 46.6 Å². The molecular formula is C16H32IN7S. The number of likely N-dealkylation sites (N-methyl/N-ethyl adjacent to an activating group) is 1. The molecule has 0 unspecified atom stereocenters. The topological polar surface area (TPSA) is 59.9 Å². The maximum atomic E-state index is 4.59. The Morgan fingerprint density at radius 1 is 1.32 bits per heavy atom. The predicted octanol–water partition coefficient (Wildman–Crippen LogP) is 1.76. The van der Waals surface area contributed by atoms with E-state index in [-0.39, 0.29) is 24.0 Å². The van der Waals surface area contributed by atoms with Crippen LogP contribution in [0.3, 0.4) is 0 Å². The summed E-state index contributed by atoms with van der Waals surface area (Å²) >= 11 is 1.51. The number of nitrogens with zero attached hydrogens (tertiary/aromatic N) is 6. The average Bonchev–Trinajstić information content (AvgIpc) is 3.08. The van der Waals surface area contributed by atoms with Gasteiger partial charge in [-0.25, -0.2) is 4.98 Å². The van der Waals surface area contributed by atoms with E-state index in [1.165, 1.54) is 11.5 Å². The summed E-state index contributed by atoms with van der Waals surface area (Å²) in [5.74, 6) is 1.95. The Morgan fingerprint density at radius 2 is 2.00 bits per heavy atom. The van der Waals surface area contributed by atoms with Crippen molar-refractivity contribution in [1.82, 2.24) is 24.5 Å². The van der Waals surface area contributed by atoms with Gasteiger partial charge in [0.15, 0.2) is 5.96 Å². The maximum absolute atomic E-state index is 4.59. The third-order valence-corrected chi connectivity index (χ3v) is 5.28. The smallest absolute Gasteiger partial charge is 0.205 e. The minimum absolute atomic E-state index is 0. The van der Waals surface area contributed by atoms with Gasteiger partial charge in [0.05, 0.1) is 0 Å². The molecule has 144 valence electrons. The van der Waals surface area contributed by atoms with Gasteiger partial charge < -0.3 is 20.0 Å². The Balaban J connectivity index is 0.00000312. The van der Waals surface area contributed by atoms with Crippen LogP contribution < -0.4 is 10.2 Å². The first-order valence-electron chi connectivity index (χ1n) is 8.78. The number of rotatable bonds is 6. The number of aromatic nitrogens is 2.